The van der Waals surface area contributed by atoms with Gasteiger partial charge >= 0.3 is 0 Å². The Labute approximate surface area is 122 Å². The molecule has 0 radical (unpaired) electrons. The Morgan fingerprint density at radius 2 is 1.90 bits per heavy atom. The lowest BCUT2D eigenvalue weighted by Gasteiger charge is -2.44. The van der Waals surface area contributed by atoms with Crippen molar-refractivity contribution < 1.29 is 4.57 Å². The topological polar surface area (TPSA) is 42.8 Å². The number of aromatic nitrogens is 2. The lowest BCUT2D eigenvalue weighted by atomic mass is 9.62. The summed E-state index contributed by atoms with van der Waals surface area (Å²) in [7, 11) is 0. The number of rotatable bonds is 2. The molecular formula is C17H28N3+. The molecule has 0 fully saturated rings. The van der Waals surface area contributed by atoms with E-state index in [9.17, 15) is 0 Å². The number of fused-ring (bicyclic) bond motifs is 1. The maximum absolute atomic E-state index is 5.73. The molecule has 2 rings (SSSR count). The minimum Gasteiger partial charge on any atom is -0.405 e. The smallest absolute Gasteiger partial charge is 0.214 e. The Kier molecular flexibility index (Phi) is 3.23. The second-order valence-electron chi connectivity index (χ2n) is 7.72. The van der Waals surface area contributed by atoms with Gasteiger partial charge < -0.3 is 5.73 Å². The zero-order chi connectivity index (χ0) is 15.3. The molecule has 1 aromatic rings. The van der Waals surface area contributed by atoms with E-state index in [1.165, 1.54) is 5.69 Å². The van der Waals surface area contributed by atoms with Gasteiger partial charge in [-0.3, -0.25) is 0 Å². The second kappa shape index (κ2) is 4.31. The van der Waals surface area contributed by atoms with Crippen LogP contribution in [0.25, 0.3) is 0 Å². The summed E-state index contributed by atoms with van der Waals surface area (Å²) in [6, 6.07) is 0. The standard InChI is InChI=1S/C17H28N3/c1-12-13-14(17(7,8-9-18)15(2,3)4)19-10-11-20(13)16(12,5)6/h8-12H,18H2,1-7H3/q+1/b9-8-. The normalized spacial score (nSPS) is 24.1. The molecule has 0 saturated carbocycles. The van der Waals surface area contributed by atoms with Crippen LogP contribution in [0.4, 0.5) is 0 Å². The molecule has 2 atom stereocenters. The number of nitrogens with zero attached hydrogens (tertiary/aromatic N) is 2. The van der Waals surface area contributed by atoms with E-state index in [1.807, 2.05) is 6.20 Å². The average Bonchev–Trinajstić information content (AvgIpc) is 2.36. The van der Waals surface area contributed by atoms with Crippen molar-refractivity contribution >= 4 is 0 Å². The summed E-state index contributed by atoms with van der Waals surface area (Å²) >= 11 is 0. The summed E-state index contributed by atoms with van der Waals surface area (Å²) in [6.07, 6.45) is 7.76. The van der Waals surface area contributed by atoms with E-state index in [0.29, 0.717) is 5.92 Å². The SMILES string of the molecule is CC1c2c(C(C)(/C=C\N)C(C)(C)C)ncc[n+]2C1(C)C. The quantitative estimate of drug-likeness (QED) is 0.842. The van der Waals surface area contributed by atoms with Crippen molar-refractivity contribution in [3.05, 3.63) is 36.1 Å². The Morgan fingerprint density at radius 1 is 1.30 bits per heavy atom. The van der Waals surface area contributed by atoms with Gasteiger partial charge in [0.25, 0.3) is 0 Å². The number of nitrogens with two attached hydrogens (primary N) is 1. The van der Waals surface area contributed by atoms with Crippen molar-refractivity contribution in [3.8, 4) is 0 Å². The van der Waals surface area contributed by atoms with Crippen molar-refractivity contribution in [1.82, 2.24) is 4.98 Å². The number of allylic oxidation sites excluding steroid dienone is 1. The van der Waals surface area contributed by atoms with Crippen molar-refractivity contribution in [2.24, 2.45) is 11.1 Å². The predicted octanol–water partition coefficient (Wildman–Crippen LogP) is 3.00. The molecule has 1 aliphatic heterocycles. The van der Waals surface area contributed by atoms with Gasteiger partial charge in [0.15, 0.2) is 11.7 Å². The van der Waals surface area contributed by atoms with Gasteiger partial charge in [-0.1, -0.05) is 26.8 Å². The van der Waals surface area contributed by atoms with E-state index >= 15 is 0 Å². The van der Waals surface area contributed by atoms with Gasteiger partial charge in [-0.2, -0.15) is 4.57 Å². The van der Waals surface area contributed by atoms with Crippen LogP contribution < -0.4 is 10.3 Å². The maximum Gasteiger partial charge on any atom is 0.214 e. The van der Waals surface area contributed by atoms with E-state index in [4.69, 9.17) is 10.7 Å². The molecule has 1 aromatic heterocycles. The van der Waals surface area contributed by atoms with Gasteiger partial charge in [0, 0.05) is 19.3 Å². The summed E-state index contributed by atoms with van der Waals surface area (Å²) in [5, 5.41) is 0. The Hall–Kier alpha value is -1.38. The molecule has 2 unspecified atom stereocenters. The fraction of sp³-hybridized carbons (Fsp3) is 0.647. The predicted molar refractivity (Wildman–Crippen MR) is 82.3 cm³/mol. The summed E-state index contributed by atoms with van der Waals surface area (Å²) < 4.78 is 2.36. The maximum atomic E-state index is 5.73. The molecule has 0 spiro atoms. The van der Waals surface area contributed by atoms with Gasteiger partial charge in [-0.15, -0.1) is 0 Å². The summed E-state index contributed by atoms with van der Waals surface area (Å²) in [5.74, 6) is 0.499. The molecular weight excluding hydrogens is 246 g/mol. The third-order valence-corrected chi connectivity index (χ3v) is 5.49. The van der Waals surface area contributed by atoms with Crippen LogP contribution in [0.2, 0.25) is 0 Å². The fourth-order valence-electron chi connectivity index (χ4n) is 3.11. The lowest BCUT2D eigenvalue weighted by Crippen LogP contribution is -2.69. The van der Waals surface area contributed by atoms with E-state index in [2.05, 4.69) is 65.3 Å². The minimum atomic E-state index is -0.176. The molecule has 0 aromatic carbocycles. The molecule has 1 aliphatic rings. The molecule has 110 valence electrons. The lowest BCUT2D eigenvalue weighted by molar-refractivity contribution is -0.811. The van der Waals surface area contributed by atoms with Gasteiger partial charge in [0.2, 0.25) is 5.69 Å². The third kappa shape index (κ3) is 1.79. The highest BCUT2D eigenvalue weighted by atomic mass is 15.1. The van der Waals surface area contributed by atoms with Crippen LogP contribution in [0.3, 0.4) is 0 Å². The Bertz CT molecular complexity index is 552. The molecule has 0 bridgehead atoms. The second-order valence-corrected chi connectivity index (χ2v) is 7.72. The van der Waals surface area contributed by atoms with Gasteiger partial charge in [0.05, 0.1) is 6.20 Å². The van der Waals surface area contributed by atoms with E-state index in [1.54, 1.807) is 6.20 Å². The number of hydrogen-bond donors (Lipinski definition) is 1. The molecule has 20 heavy (non-hydrogen) atoms. The minimum absolute atomic E-state index is 0.0466. The Morgan fingerprint density at radius 3 is 2.40 bits per heavy atom. The van der Waals surface area contributed by atoms with Gasteiger partial charge in [0.1, 0.15) is 11.6 Å². The first kappa shape index (κ1) is 15.0. The van der Waals surface area contributed by atoms with E-state index in [-0.39, 0.29) is 16.4 Å². The van der Waals surface area contributed by atoms with Gasteiger partial charge in [-0.25, -0.2) is 4.98 Å². The molecule has 0 saturated heterocycles. The first-order valence-electron chi connectivity index (χ1n) is 7.38. The highest BCUT2D eigenvalue weighted by Crippen LogP contribution is 2.47. The van der Waals surface area contributed by atoms with Crippen LogP contribution in [-0.4, -0.2) is 4.98 Å². The molecule has 2 N–H and O–H groups in total. The fourth-order valence-corrected chi connectivity index (χ4v) is 3.11. The molecule has 3 nitrogen and oxygen atoms in total. The highest BCUT2D eigenvalue weighted by molar-refractivity contribution is 5.32. The molecule has 2 heterocycles. The third-order valence-electron chi connectivity index (χ3n) is 5.49. The molecule has 0 amide bonds. The van der Waals surface area contributed by atoms with Crippen molar-refractivity contribution in [3.63, 3.8) is 0 Å². The van der Waals surface area contributed by atoms with Crippen LogP contribution >= 0.6 is 0 Å². The Balaban J connectivity index is 2.68. The summed E-state index contributed by atoms with van der Waals surface area (Å²) in [4.78, 5) is 4.74. The average molecular weight is 274 g/mol. The van der Waals surface area contributed by atoms with Crippen molar-refractivity contribution in [2.45, 2.75) is 65.3 Å². The monoisotopic (exact) mass is 274 g/mol. The van der Waals surface area contributed by atoms with Crippen LogP contribution in [0.5, 0.6) is 0 Å². The van der Waals surface area contributed by atoms with Crippen LogP contribution in [0, 0.1) is 5.41 Å². The summed E-state index contributed by atoms with van der Waals surface area (Å²) in [6.45, 7) is 15.8. The van der Waals surface area contributed by atoms with Crippen molar-refractivity contribution in [1.29, 1.82) is 0 Å². The first-order valence-corrected chi connectivity index (χ1v) is 7.38. The highest BCUT2D eigenvalue weighted by Gasteiger charge is 2.56. The molecule has 3 heteroatoms. The van der Waals surface area contributed by atoms with Gasteiger partial charge in [-0.05, 0) is 25.5 Å². The summed E-state index contributed by atoms with van der Waals surface area (Å²) in [5.41, 5.74) is 8.26. The molecule has 0 aliphatic carbocycles. The van der Waals surface area contributed by atoms with Crippen LogP contribution in [0.1, 0.15) is 65.8 Å². The first-order chi connectivity index (χ1) is 9.07. The zero-order valence-electron chi connectivity index (χ0n) is 13.9. The van der Waals surface area contributed by atoms with Crippen LogP contribution in [-0.2, 0) is 11.0 Å². The van der Waals surface area contributed by atoms with E-state index in [0.717, 1.165) is 5.69 Å². The van der Waals surface area contributed by atoms with Crippen molar-refractivity contribution in [2.75, 3.05) is 0 Å². The number of hydrogen-bond acceptors (Lipinski definition) is 2. The largest absolute Gasteiger partial charge is 0.405 e. The van der Waals surface area contributed by atoms with Crippen LogP contribution in [0.15, 0.2) is 24.7 Å². The van der Waals surface area contributed by atoms with E-state index < -0.39 is 0 Å². The zero-order valence-corrected chi connectivity index (χ0v) is 13.9.